The fourth-order valence-electron chi connectivity index (χ4n) is 2.14. The van der Waals surface area contributed by atoms with E-state index in [-0.39, 0.29) is 12.6 Å². The standard InChI is InChI=1S/C15H20N2O2S2/c1-12(2)17(11-13-6-4-3-5-7-13)21(18,19)15-8-9-20-14(15)10-16/h3-9,12H,10-11,16H2,1-2H3. The molecule has 0 radical (unpaired) electrons. The van der Waals surface area contributed by atoms with E-state index in [4.69, 9.17) is 5.73 Å². The second kappa shape index (κ2) is 6.70. The predicted molar refractivity (Wildman–Crippen MR) is 86.5 cm³/mol. The Kier molecular flexibility index (Phi) is 5.16. The van der Waals surface area contributed by atoms with Gasteiger partial charge in [-0.15, -0.1) is 11.3 Å². The van der Waals surface area contributed by atoms with Crippen molar-refractivity contribution in [1.82, 2.24) is 4.31 Å². The molecule has 2 N–H and O–H groups in total. The van der Waals surface area contributed by atoms with Crippen LogP contribution in [0.2, 0.25) is 0 Å². The Morgan fingerprint density at radius 1 is 1.19 bits per heavy atom. The molecule has 0 saturated carbocycles. The summed E-state index contributed by atoms with van der Waals surface area (Å²) in [5.41, 5.74) is 6.62. The molecule has 114 valence electrons. The molecule has 0 bridgehead atoms. The molecule has 21 heavy (non-hydrogen) atoms. The summed E-state index contributed by atoms with van der Waals surface area (Å²) < 4.78 is 27.3. The third-order valence-corrected chi connectivity index (χ3v) is 6.41. The Hall–Kier alpha value is -1.21. The maximum Gasteiger partial charge on any atom is 0.244 e. The average Bonchev–Trinajstić information content (AvgIpc) is 2.94. The minimum Gasteiger partial charge on any atom is -0.326 e. The van der Waals surface area contributed by atoms with E-state index < -0.39 is 10.0 Å². The van der Waals surface area contributed by atoms with Gasteiger partial charge in [0.2, 0.25) is 10.0 Å². The molecule has 2 aromatic rings. The van der Waals surface area contributed by atoms with Crippen LogP contribution in [-0.2, 0) is 23.1 Å². The van der Waals surface area contributed by atoms with Crippen molar-refractivity contribution in [3.05, 3.63) is 52.2 Å². The molecule has 0 spiro atoms. The number of hydrogen-bond donors (Lipinski definition) is 1. The molecular weight excluding hydrogens is 304 g/mol. The summed E-state index contributed by atoms with van der Waals surface area (Å²) in [4.78, 5) is 1.04. The van der Waals surface area contributed by atoms with Crippen molar-refractivity contribution >= 4 is 21.4 Å². The van der Waals surface area contributed by atoms with Crippen molar-refractivity contribution < 1.29 is 8.42 Å². The van der Waals surface area contributed by atoms with Crippen molar-refractivity contribution in [2.24, 2.45) is 5.73 Å². The zero-order valence-corrected chi connectivity index (χ0v) is 13.8. The highest BCUT2D eigenvalue weighted by Crippen LogP contribution is 2.27. The molecule has 0 fully saturated rings. The highest BCUT2D eigenvalue weighted by atomic mass is 32.2. The van der Waals surface area contributed by atoms with E-state index in [1.807, 2.05) is 44.2 Å². The molecule has 0 saturated heterocycles. The lowest BCUT2D eigenvalue weighted by atomic mass is 10.2. The van der Waals surface area contributed by atoms with Crippen LogP contribution >= 0.6 is 11.3 Å². The number of hydrogen-bond acceptors (Lipinski definition) is 4. The zero-order valence-electron chi connectivity index (χ0n) is 12.2. The monoisotopic (exact) mass is 324 g/mol. The highest BCUT2D eigenvalue weighted by Gasteiger charge is 2.29. The molecule has 0 unspecified atom stereocenters. The lowest BCUT2D eigenvalue weighted by Gasteiger charge is -2.26. The van der Waals surface area contributed by atoms with Gasteiger partial charge in [0.1, 0.15) is 0 Å². The summed E-state index contributed by atoms with van der Waals surface area (Å²) in [6.07, 6.45) is 0. The van der Waals surface area contributed by atoms with Gasteiger partial charge in [0.15, 0.2) is 0 Å². The highest BCUT2D eigenvalue weighted by molar-refractivity contribution is 7.89. The first-order valence-electron chi connectivity index (χ1n) is 6.79. The van der Waals surface area contributed by atoms with Crippen molar-refractivity contribution in [1.29, 1.82) is 0 Å². The van der Waals surface area contributed by atoms with Gasteiger partial charge >= 0.3 is 0 Å². The first kappa shape index (κ1) is 16.2. The summed E-state index contributed by atoms with van der Waals surface area (Å²) in [5.74, 6) is 0. The Labute approximate surface area is 130 Å². The summed E-state index contributed by atoms with van der Waals surface area (Å²) in [5, 5.41) is 1.77. The van der Waals surface area contributed by atoms with Gasteiger partial charge in [0.25, 0.3) is 0 Å². The van der Waals surface area contributed by atoms with E-state index in [1.165, 1.54) is 15.6 Å². The second-order valence-electron chi connectivity index (χ2n) is 5.04. The lowest BCUT2D eigenvalue weighted by Crippen LogP contribution is -2.36. The van der Waals surface area contributed by atoms with Crippen LogP contribution in [0.1, 0.15) is 24.3 Å². The van der Waals surface area contributed by atoms with Crippen LogP contribution in [0.5, 0.6) is 0 Å². The normalized spacial score (nSPS) is 12.2. The van der Waals surface area contributed by atoms with Crippen LogP contribution in [0, 0.1) is 0 Å². The van der Waals surface area contributed by atoms with E-state index in [1.54, 1.807) is 11.4 Å². The summed E-state index contributed by atoms with van der Waals surface area (Å²) in [6, 6.07) is 11.1. The van der Waals surface area contributed by atoms with E-state index in [9.17, 15) is 8.42 Å². The molecule has 2 rings (SSSR count). The molecular formula is C15H20N2O2S2. The largest absolute Gasteiger partial charge is 0.326 e. The Bertz CT molecular complexity index is 679. The molecule has 0 atom stereocenters. The number of rotatable bonds is 6. The van der Waals surface area contributed by atoms with Crippen molar-refractivity contribution in [3.8, 4) is 0 Å². The Balaban J connectivity index is 2.38. The van der Waals surface area contributed by atoms with Gasteiger partial charge in [0, 0.05) is 24.0 Å². The van der Waals surface area contributed by atoms with E-state index >= 15 is 0 Å². The minimum absolute atomic E-state index is 0.124. The van der Waals surface area contributed by atoms with Gasteiger partial charge in [-0.1, -0.05) is 30.3 Å². The summed E-state index contributed by atoms with van der Waals surface area (Å²) in [7, 11) is -3.53. The van der Waals surface area contributed by atoms with Gasteiger partial charge in [-0.3, -0.25) is 0 Å². The Morgan fingerprint density at radius 3 is 2.43 bits per heavy atom. The Morgan fingerprint density at radius 2 is 1.86 bits per heavy atom. The predicted octanol–water partition coefficient (Wildman–Crippen LogP) is 2.81. The fourth-order valence-corrected chi connectivity index (χ4v) is 5.08. The average molecular weight is 324 g/mol. The third kappa shape index (κ3) is 3.52. The molecule has 6 heteroatoms. The van der Waals surface area contributed by atoms with Crippen molar-refractivity contribution in [2.75, 3.05) is 0 Å². The van der Waals surface area contributed by atoms with Crippen LogP contribution in [0.25, 0.3) is 0 Å². The molecule has 0 aliphatic heterocycles. The van der Waals surface area contributed by atoms with Gasteiger partial charge < -0.3 is 5.73 Å². The quantitative estimate of drug-likeness (QED) is 0.888. The van der Waals surface area contributed by atoms with Gasteiger partial charge in [-0.25, -0.2) is 8.42 Å². The number of nitrogens with zero attached hydrogens (tertiary/aromatic N) is 1. The third-order valence-electron chi connectivity index (χ3n) is 3.23. The molecule has 4 nitrogen and oxygen atoms in total. The summed E-state index contributed by atoms with van der Waals surface area (Å²) in [6.45, 7) is 4.37. The van der Waals surface area contributed by atoms with Gasteiger partial charge in [-0.2, -0.15) is 4.31 Å². The minimum atomic E-state index is -3.53. The molecule has 1 heterocycles. The van der Waals surface area contributed by atoms with E-state index in [0.717, 1.165) is 5.56 Å². The number of sulfonamides is 1. The number of thiophene rings is 1. The van der Waals surface area contributed by atoms with Crippen molar-refractivity contribution in [3.63, 3.8) is 0 Å². The van der Waals surface area contributed by atoms with Crippen LogP contribution in [0.4, 0.5) is 0 Å². The molecule has 0 aliphatic carbocycles. The fraction of sp³-hybridized carbons (Fsp3) is 0.333. The number of nitrogens with two attached hydrogens (primary N) is 1. The number of benzene rings is 1. The second-order valence-corrected chi connectivity index (χ2v) is 7.90. The van der Waals surface area contributed by atoms with Crippen LogP contribution in [0.3, 0.4) is 0 Å². The molecule has 1 aromatic carbocycles. The first-order valence-corrected chi connectivity index (χ1v) is 9.11. The molecule has 1 aromatic heterocycles. The van der Waals surface area contributed by atoms with Crippen LogP contribution in [-0.4, -0.2) is 18.8 Å². The zero-order chi connectivity index (χ0) is 15.5. The topological polar surface area (TPSA) is 63.4 Å². The van der Waals surface area contributed by atoms with Crippen molar-refractivity contribution in [2.45, 2.75) is 37.9 Å². The lowest BCUT2D eigenvalue weighted by molar-refractivity contribution is 0.348. The smallest absolute Gasteiger partial charge is 0.244 e. The SMILES string of the molecule is CC(C)N(Cc1ccccc1)S(=O)(=O)c1ccsc1CN. The van der Waals surface area contributed by atoms with Crippen LogP contribution < -0.4 is 5.73 Å². The van der Waals surface area contributed by atoms with Gasteiger partial charge in [0.05, 0.1) is 4.90 Å². The van der Waals surface area contributed by atoms with Crippen LogP contribution in [0.15, 0.2) is 46.7 Å². The maximum atomic E-state index is 12.9. The molecule has 0 amide bonds. The van der Waals surface area contributed by atoms with Gasteiger partial charge in [-0.05, 0) is 30.9 Å². The first-order chi connectivity index (χ1) is 9.96. The van der Waals surface area contributed by atoms with E-state index in [2.05, 4.69) is 0 Å². The summed E-state index contributed by atoms with van der Waals surface area (Å²) >= 11 is 1.38. The van der Waals surface area contributed by atoms with E-state index in [0.29, 0.717) is 16.3 Å². The maximum absolute atomic E-state index is 12.9. The molecule has 0 aliphatic rings.